The predicted molar refractivity (Wildman–Crippen MR) is 53.7 cm³/mol. The van der Waals surface area contributed by atoms with Crippen LogP contribution >= 0.6 is 0 Å². The maximum Gasteiger partial charge on any atom is 0.227 e. The zero-order valence-electron chi connectivity index (χ0n) is 8.10. The smallest absolute Gasteiger partial charge is 0.227 e. The van der Waals surface area contributed by atoms with Crippen LogP contribution in [0.2, 0.25) is 0 Å². The Morgan fingerprint density at radius 2 is 2.00 bits per heavy atom. The van der Waals surface area contributed by atoms with E-state index in [1.165, 1.54) is 12.1 Å². The average molecular weight is 203 g/mol. The van der Waals surface area contributed by atoms with Crippen LogP contribution in [0, 0.1) is 6.92 Å². The van der Waals surface area contributed by atoms with E-state index in [1.807, 2.05) is 0 Å². The second kappa shape index (κ2) is 3.57. The normalized spacial score (nSPS) is 10.2. The quantitative estimate of drug-likeness (QED) is 0.759. The van der Waals surface area contributed by atoms with Gasteiger partial charge in [0.25, 0.3) is 0 Å². The lowest BCUT2D eigenvalue weighted by Gasteiger charge is -1.94. The lowest BCUT2D eigenvalue weighted by atomic mass is 10.2. The summed E-state index contributed by atoms with van der Waals surface area (Å²) in [4.78, 5) is 14.7. The van der Waals surface area contributed by atoms with E-state index in [9.17, 15) is 4.79 Å². The number of hydrogen-bond donors (Lipinski definition) is 1. The minimum absolute atomic E-state index is 0.178. The molecule has 4 nitrogen and oxygen atoms in total. The highest BCUT2D eigenvalue weighted by molar-refractivity contribution is 5.73. The maximum atomic E-state index is 10.6. The van der Waals surface area contributed by atoms with Gasteiger partial charge in [-0.3, -0.25) is 4.79 Å². The summed E-state index contributed by atoms with van der Waals surface area (Å²) in [6.07, 6.45) is 0.631. The number of aldehydes is 1. The third-order valence-corrected chi connectivity index (χ3v) is 2.05. The van der Waals surface area contributed by atoms with Gasteiger partial charge in [0, 0.05) is 5.56 Å². The molecule has 0 fully saturated rings. The van der Waals surface area contributed by atoms with Crippen LogP contribution in [-0.4, -0.2) is 16.4 Å². The number of nitrogens with zero attached hydrogens (tertiary/aromatic N) is 1. The van der Waals surface area contributed by atoms with Gasteiger partial charge in [-0.1, -0.05) is 0 Å². The third kappa shape index (κ3) is 1.74. The summed E-state index contributed by atoms with van der Waals surface area (Å²) in [5.74, 6) is 0.797. The van der Waals surface area contributed by atoms with Gasteiger partial charge in [0.05, 0.1) is 5.69 Å². The van der Waals surface area contributed by atoms with E-state index in [1.54, 1.807) is 19.1 Å². The molecular formula is C11H9NO3. The molecular weight excluding hydrogens is 194 g/mol. The number of phenols is 1. The van der Waals surface area contributed by atoms with E-state index in [4.69, 9.17) is 9.52 Å². The first-order valence-corrected chi connectivity index (χ1v) is 4.42. The Hall–Kier alpha value is -2.10. The van der Waals surface area contributed by atoms with Crippen LogP contribution in [0.15, 0.2) is 28.7 Å². The van der Waals surface area contributed by atoms with Crippen LogP contribution < -0.4 is 0 Å². The number of benzene rings is 1. The molecule has 0 saturated carbocycles. The summed E-state index contributed by atoms with van der Waals surface area (Å²) in [5.41, 5.74) is 1.29. The highest BCUT2D eigenvalue weighted by Gasteiger charge is 2.09. The van der Waals surface area contributed by atoms with Crippen molar-refractivity contribution in [2.75, 3.05) is 0 Å². The number of rotatable bonds is 2. The average Bonchev–Trinajstić information content (AvgIpc) is 2.61. The van der Waals surface area contributed by atoms with E-state index in [2.05, 4.69) is 4.98 Å². The van der Waals surface area contributed by atoms with Crippen LogP contribution in [0.3, 0.4) is 0 Å². The lowest BCUT2D eigenvalue weighted by molar-refractivity contribution is 0.110. The third-order valence-electron chi connectivity index (χ3n) is 2.05. The van der Waals surface area contributed by atoms with Crippen molar-refractivity contribution in [2.45, 2.75) is 6.92 Å². The van der Waals surface area contributed by atoms with Crippen molar-refractivity contribution in [3.8, 4) is 17.2 Å². The Balaban J connectivity index is 2.45. The Morgan fingerprint density at radius 1 is 1.33 bits per heavy atom. The molecule has 1 heterocycles. The zero-order valence-corrected chi connectivity index (χ0v) is 8.10. The van der Waals surface area contributed by atoms with Gasteiger partial charge in [-0.2, -0.15) is 0 Å². The van der Waals surface area contributed by atoms with Crippen LogP contribution in [-0.2, 0) is 0 Å². The first kappa shape index (κ1) is 9.45. The first-order chi connectivity index (χ1) is 7.20. The number of carbonyl (C=O) groups excluding carboxylic acids is 1. The number of hydrogen-bond acceptors (Lipinski definition) is 4. The van der Waals surface area contributed by atoms with Gasteiger partial charge in [-0.25, -0.2) is 4.98 Å². The fourth-order valence-corrected chi connectivity index (χ4v) is 1.25. The van der Waals surface area contributed by atoms with Crippen molar-refractivity contribution in [3.63, 3.8) is 0 Å². The van der Waals surface area contributed by atoms with Gasteiger partial charge in [0.1, 0.15) is 5.75 Å². The van der Waals surface area contributed by atoms with Crippen molar-refractivity contribution in [3.05, 3.63) is 35.7 Å². The second-order valence-corrected chi connectivity index (χ2v) is 3.13. The number of oxazole rings is 1. The molecule has 0 aliphatic carbocycles. The Kier molecular flexibility index (Phi) is 2.25. The van der Waals surface area contributed by atoms with E-state index < -0.39 is 0 Å². The monoisotopic (exact) mass is 203 g/mol. The fourth-order valence-electron chi connectivity index (χ4n) is 1.25. The van der Waals surface area contributed by atoms with Gasteiger partial charge in [0.2, 0.25) is 5.89 Å². The van der Waals surface area contributed by atoms with Crippen LogP contribution in [0.4, 0.5) is 0 Å². The Labute approximate surface area is 86.2 Å². The largest absolute Gasteiger partial charge is 0.508 e. The molecule has 2 aromatic rings. The van der Waals surface area contributed by atoms with Crippen LogP contribution in [0.25, 0.3) is 11.5 Å². The molecule has 2 rings (SSSR count). The molecule has 1 N–H and O–H groups in total. The lowest BCUT2D eigenvalue weighted by Crippen LogP contribution is -1.78. The SMILES string of the molecule is Cc1nc(-c2ccc(O)cc2)oc1C=O. The topological polar surface area (TPSA) is 63.3 Å². The number of carbonyl (C=O) groups is 1. The zero-order chi connectivity index (χ0) is 10.8. The van der Waals surface area contributed by atoms with Crippen molar-refractivity contribution in [2.24, 2.45) is 0 Å². The standard InChI is InChI=1S/C11H9NO3/c1-7-10(6-13)15-11(12-7)8-2-4-9(14)5-3-8/h2-6,14H,1H3. The first-order valence-electron chi connectivity index (χ1n) is 4.42. The van der Waals surface area contributed by atoms with Crippen molar-refractivity contribution in [1.82, 2.24) is 4.98 Å². The van der Waals surface area contributed by atoms with E-state index in [-0.39, 0.29) is 11.5 Å². The number of phenolic OH excluding ortho intramolecular Hbond substituents is 1. The summed E-state index contributed by atoms with van der Waals surface area (Å²) in [6.45, 7) is 1.71. The minimum Gasteiger partial charge on any atom is -0.508 e. The van der Waals surface area contributed by atoms with Crippen molar-refractivity contribution < 1.29 is 14.3 Å². The molecule has 15 heavy (non-hydrogen) atoms. The number of aryl methyl sites for hydroxylation is 1. The molecule has 0 aliphatic rings. The highest BCUT2D eigenvalue weighted by atomic mass is 16.4. The fraction of sp³-hybridized carbons (Fsp3) is 0.0909. The van der Waals surface area contributed by atoms with E-state index in [0.29, 0.717) is 17.9 Å². The molecule has 0 saturated heterocycles. The molecule has 0 amide bonds. The van der Waals surface area contributed by atoms with Crippen LogP contribution in [0.5, 0.6) is 5.75 Å². The highest BCUT2D eigenvalue weighted by Crippen LogP contribution is 2.22. The molecule has 0 unspecified atom stereocenters. The summed E-state index contributed by atoms with van der Waals surface area (Å²) in [7, 11) is 0. The molecule has 0 radical (unpaired) electrons. The maximum absolute atomic E-state index is 10.6. The summed E-state index contributed by atoms with van der Waals surface area (Å²) >= 11 is 0. The van der Waals surface area contributed by atoms with Crippen LogP contribution in [0.1, 0.15) is 16.2 Å². The Bertz CT molecular complexity index is 485. The second-order valence-electron chi connectivity index (χ2n) is 3.13. The molecule has 4 heteroatoms. The Morgan fingerprint density at radius 3 is 2.53 bits per heavy atom. The molecule has 1 aromatic carbocycles. The van der Waals surface area contributed by atoms with Gasteiger partial charge >= 0.3 is 0 Å². The van der Waals surface area contributed by atoms with Gasteiger partial charge in [-0.05, 0) is 31.2 Å². The van der Waals surface area contributed by atoms with Gasteiger partial charge in [0.15, 0.2) is 12.0 Å². The van der Waals surface area contributed by atoms with E-state index in [0.717, 1.165) is 5.56 Å². The molecule has 0 spiro atoms. The summed E-state index contributed by atoms with van der Waals surface area (Å²) in [6, 6.07) is 6.43. The van der Waals surface area contributed by atoms with Gasteiger partial charge in [-0.15, -0.1) is 0 Å². The van der Waals surface area contributed by atoms with Crippen molar-refractivity contribution >= 4 is 6.29 Å². The minimum atomic E-state index is 0.178. The molecule has 0 atom stereocenters. The van der Waals surface area contributed by atoms with Gasteiger partial charge < -0.3 is 9.52 Å². The predicted octanol–water partition coefficient (Wildman–Crippen LogP) is 2.17. The molecule has 1 aromatic heterocycles. The summed E-state index contributed by atoms with van der Waals surface area (Å²) in [5, 5.41) is 9.10. The number of aromatic hydroxyl groups is 1. The molecule has 76 valence electrons. The summed E-state index contributed by atoms with van der Waals surface area (Å²) < 4.78 is 5.23. The van der Waals surface area contributed by atoms with Crippen molar-refractivity contribution in [1.29, 1.82) is 0 Å². The van der Waals surface area contributed by atoms with E-state index >= 15 is 0 Å². The molecule has 0 bridgehead atoms. The molecule has 0 aliphatic heterocycles. The number of aromatic nitrogens is 1.